The zero-order valence-electron chi connectivity index (χ0n) is 16.1. The highest BCUT2D eigenvalue weighted by molar-refractivity contribution is 5.80. The van der Waals surface area contributed by atoms with Gasteiger partial charge in [-0.1, -0.05) is 0 Å². The van der Waals surface area contributed by atoms with Gasteiger partial charge in [0.25, 0.3) is 0 Å². The standard InChI is InChI=1S/C19H30N4O4/c1-11-12(2)21-22-15(11)3-4-18(26)20-16-9-13(10-17(16)25)19(27)23-7-5-14(24)6-8-23/h13-14,16-17,24-25H,3-10H2,1-2H3,(H,20,26)(H,21,22)/t13-,16-,17-/m0/s1. The lowest BCUT2D eigenvalue weighted by Gasteiger charge is -2.31. The first kappa shape index (κ1) is 19.8. The smallest absolute Gasteiger partial charge is 0.225 e. The molecule has 1 saturated heterocycles. The van der Waals surface area contributed by atoms with E-state index in [9.17, 15) is 19.8 Å². The molecule has 8 nitrogen and oxygen atoms in total. The van der Waals surface area contributed by atoms with Gasteiger partial charge in [0.1, 0.15) is 0 Å². The molecule has 2 amide bonds. The van der Waals surface area contributed by atoms with E-state index in [-0.39, 0.29) is 29.9 Å². The Morgan fingerprint density at radius 2 is 1.93 bits per heavy atom. The van der Waals surface area contributed by atoms with Gasteiger partial charge in [0.15, 0.2) is 0 Å². The number of H-pyrrole nitrogens is 1. The zero-order chi connectivity index (χ0) is 19.6. The number of rotatable bonds is 5. The van der Waals surface area contributed by atoms with Crippen LogP contribution in [-0.2, 0) is 16.0 Å². The molecule has 0 aromatic carbocycles. The number of piperidine rings is 1. The van der Waals surface area contributed by atoms with Gasteiger partial charge in [-0.25, -0.2) is 0 Å². The molecule has 2 fully saturated rings. The summed E-state index contributed by atoms with van der Waals surface area (Å²) in [7, 11) is 0. The summed E-state index contributed by atoms with van der Waals surface area (Å²) in [6.07, 6.45) is 1.87. The van der Waals surface area contributed by atoms with Crippen molar-refractivity contribution in [2.75, 3.05) is 13.1 Å². The van der Waals surface area contributed by atoms with Gasteiger partial charge in [0, 0.05) is 37.5 Å². The maximum atomic E-state index is 12.6. The van der Waals surface area contributed by atoms with E-state index in [0.717, 1.165) is 17.0 Å². The average Bonchev–Trinajstić information content (AvgIpc) is 3.16. The fourth-order valence-electron chi connectivity index (χ4n) is 4.01. The fourth-order valence-corrected chi connectivity index (χ4v) is 4.01. The highest BCUT2D eigenvalue weighted by Gasteiger charge is 2.39. The van der Waals surface area contributed by atoms with Crippen molar-refractivity contribution in [1.82, 2.24) is 20.4 Å². The minimum absolute atomic E-state index is 0.0281. The van der Waals surface area contributed by atoms with Gasteiger partial charge in [0.05, 0.1) is 23.9 Å². The number of likely N-dealkylation sites (tertiary alicyclic amines) is 1. The number of nitrogens with zero attached hydrogens (tertiary/aromatic N) is 2. The summed E-state index contributed by atoms with van der Waals surface area (Å²) in [5.74, 6) is -0.370. The monoisotopic (exact) mass is 378 g/mol. The van der Waals surface area contributed by atoms with E-state index in [1.165, 1.54) is 0 Å². The Bertz CT molecular complexity index is 681. The van der Waals surface area contributed by atoms with Crippen molar-refractivity contribution in [3.63, 3.8) is 0 Å². The van der Waals surface area contributed by atoms with Crippen LogP contribution in [0.25, 0.3) is 0 Å². The molecule has 1 aromatic rings. The highest BCUT2D eigenvalue weighted by atomic mass is 16.3. The zero-order valence-corrected chi connectivity index (χ0v) is 16.1. The molecule has 0 bridgehead atoms. The average molecular weight is 378 g/mol. The van der Waals surface area contributed by atoms with E-state index >= 15 is 0 Å². The number of amides is 2. The minimum atomic E-state index is -0.701. The Kier molecular flexibility index (Phi) is 6.16. The van der Waals surface area contributed by atoms with Crippen molar-refractivity contribution >= 4 is 11.8 Å². The molecular formula is C19H30N4O4. The number of nitrogens with one attached hydrogen (secondary N) is 2. The van der Waals surface area contributed by atoms with Crippen LogP contribution in [0.5, 0.6) is 0 Å². The summed E-state index contributed by atoms with van der Waals surface area (Å²) < 4.78 is 0. The number of aryl methyl sites for hydroxylation is 2. The van der Waals surface area contributed by atoms with E-state index in [2.05, 4.69) is 15.5 Å². The third-order valence-electron chi connectivity index (χ3n) is 5.94. The third kappa shape index (κ3) is 4.68. The number of aliphatic hydroxyl groups is 2. The second kappa shape index (κ2) is 8.39. The summed E-state index contributed by atoms with van der Waals surface area (Å²) in [5.41, 5.74) is 2.96. The van der Waals surface area contributed by atoms with Crippen molar-refractivity contribution in [3.8, 4) is 0 Å². The molecule has 150 valence electrons. The molecule has 1 saturated carbocycles. The Balaban J connectivity index is 1.47. The molecule has 1 aliphatic heterocycles. The molecule has 3 atom stereocenters. The summed E-state index contributed by atoms with van der Waals surface area (Å²) in [5, 5.41) is 29.9. The number of aromatic nitrogens is 2. The van der Waals surface area contributed by atoms with E-state index in [1.807, 2.05) is 13.8 Å². The topological polar surface area (TPSA) is 119 Å². The van der Waals surface area contributed by atoms with Crippen LogP contribution in [0, 0.1) is 19.8 Å². The van der Waals surface area contributed by atoms with Gasteiger partial charge in [-0.3, -0.25) is 14.7 Å². The molecule has 2 aliphatic rings. The number of aromatic amines is 1. The SMILES string of the molecule is Cc1[nH]nc(CCC(=O)N[C@H]2C[C@H](C(=O)N3CCC(O)CC3)C[C@@H]2O)c1C. The van der Waals surface area contributed by atoms with Gasteiger partial charge in [0.2, 0.25) is 11.8 Å². The van der Waals surface area contributed by atoms with Crippen LogP contribution in [0.3, 0.4) is 0 Å². The Morgan fingerprint density at radius 3 is 2.56 bits per heavy atom. The largest absolute Gasteiger partial charge is 0.393 e. The van der Waals surface area contributed by atoms with Crippen molar-refractivity contribution in [1.29, 1.82) is 0 Å². The Labute approximate surface area is 159 Å². The van der Waals surface area contributed by atoms with E-state index in [4.69, 9.17) is 0 Å². The van der Waals surface area contributed by atoms with Crippen molar-refractivity contribution in [2.45, 2.75) is 70.6 Å². The van der Waals surface area contributed by atoms with Crippen LogP contribution < -0.4 is 5.32 Å². The second-order valence-corrected chi connectivity index (χ2v) is 7.89. The quantitative estimate of drug-likeness (QED) is 0.584. The lowest BCUT2D eigenvalue weighted by Crippen LogP contribution is -2.43. The maximum absolute atomic E-state index is 12.6. The van der Waals surface area contributed by atoms with Gasteiger partial charge in [-0.15, -0.1) is 0 Å². The summed E-state index contributed by atoms with van der Waals surface area (Å²) >= 11 is 0. The van der Waals surface area contributed by atoms with E-state index in [0.29, 0.717) is 51.6 Å². The van der Waals surface area contributed by atoms with Crippen LogP contribution in [0.1, 0.15) is 49.1 Å². The molecule has 1 aliphatic carbocycles. The molecule has 8 heteroatoms. The van der Waals surface area contributed by atoms with Crippen LogP contribution in [0.4, 0.5) is 0 Å². The molecule has 3 rings (SSSR count). The predicted octanol–water partition coefficient (Wildman–Crippen LogP) is 0.198. The number of carbonyl (C=O) groups is 2. The van der Waals surface area contributed by atoms with Gasteiger partial charge >= 0.3 is 0 Å². The predicted molar refractivity (Wildman–Crippen MR) is 98.9 cm³/mol. The summed E-state index contributed by atoms with van der Waals surface area (Å²) in [4.78, 5) is 26.7. The fraction of sp³-hybridized carbons (Fsp3) is 0.737. The van der Waals surface area contributed by atoms with Gasteiger partial charge in [-0.05, 0) is 45.1 Å². The molecule has 1 aromatic heterocycles. The number of hydrogen-bond acceptors (Lipinski definition) is 5. The molecule has 0 radical (unpaired) electrons. The minimum Gasteiger partial charge on any atom is -0.393 e. The van der Waals surface area contributed by atoms with Gasteiger partial charge < -0.3 is 20.4 Å². The van der Waals surface area contributed by atoms with Gasteiger partial charge in [-0.2, -0.15) is 5.10 Å². The molecule has 0 spiro atoms. The molecule has 4 N–H and O–H groups in total. The first-order valence-electron chi connectivity index (χ1n) is 9.80. The molecule has 27 heavy (non-hydrogen) atoms. The summed E-state index contributed by atoms with van der Waals surface area (Å²) in [6.45, 7) is 5.04. The Morgan fingerprint density at radius 1 is 1.22 bits per heavy atom. The maximum Gasteiger partial charge on any atom is 0.225 e. The molecule has 2 heterocycles. The van der Waals surface area contributed by atoms with Crippen molar-refractivity contribution < 1.29 is 19.8 Å². The lowest BCUT2D eigenvalue weighted by molar-refractivity contribution is -0.137. The number of carbonyl (C=O) groups excluding carboxylic acids is 2. The Hall–Kier alpha value is -1.93. The van der Waals surface area contributed by atoms with Crippen LogP contribution in [0.2, 0.25) is 0 Å². The first-order chi connectivity index (χ1) is 12.8. The number of aliphatic hydroxyl groups excluding tert-OH is 2. The normalized spacial score (nSPS) is 26.4. The second-order valence-electron chi connectivity index (χ2n) is 7.89. The molecular weight excluding hydrogens is 348 g/mol. The van der Waals surface area contributed by atoms with Crippen LogP contribution >= 0.6 is 0 Å². The van der Waals surface area contributed by atoms with E-state index in [1.54, 1.807) is 4.90 Å². The van der Waals surface area contributed by atoms with Crippen molar-refractivity contribution in [3.05, 3.63) is 17.0 Å². The third-order valence-corrected chi connectivity index (χ3v) is 5.94. The van der Waals surface area contributed by atoms with Crippen LogP contribution in [-0.4, -0.2) is 68.5 Å². The first-order valence-corrected chi connectivity index (χ1v) is 9.80. The van der Waals surface area contributed by atoms with Crippen molar-refractivity contribution in [2.24, 2.45) is 5.92 Å². The van der Waals surface area contributed by atoms with Crippen LogP contribution in [0.15, 0.2) is 0 Å². The lowest BCUT2D eigenvalue weighted by atomic mass is 10.0. The van der Waals surface area contributed by atoms with E-state index < -0.39 is 6.10 Å². The molecule has 0 unspecified atom stereocenters. The summed E-state index contributed by atoms with van der Waals surface area (Å²) in [6, 6.07) is -0.385. The highest BCUT2D eigenvalue weighted by Crippen LogP contribution is 2.29. The number of hydrogen-bond donors (Lipinski definition) is 4.